The van der Waals surface area contributed by atoms with Crippen LogP contribution in [-0.2, 0) is 14.6 Å². The van der Waals surface area contributed by atoms with Crippen molar-refractivity contribution in [3.8, 4) is 0 Å². The first-order valence-corrected chi connectivity index (χ1v) is 9.31. The predicted octanol–water partition coefficient (Wildman–Crippen LogP) is 3.21. The molecule has 0 saturated carbocycles. The van der Waals surface area contributed by atoms with E-state index in [-0.39, 0.29) is 6.04 Å². The lowest BCUT2D eigenvalue weighted by atomic mass is 10.1. The van der Waals surface area contributed by atoms with Crippen LogP contribution >= 0.6 is 0 Å². The molecule has 2 atom stereocenters. The van der Waals surface area contributed by atoms with E-state index in [1.54, 1.807) is 20.8 Å². The van der Waals surface area contributed by atoms with Crippen molar-refractivity contribution >= 4 is 15.7 Å². The standard InChI is InChI=1S/C17H25NO3S/c1-5-9-15(22(19,20)17(2,3)4)14-12-21-16(18-14)13-10-7-6-8-11-13/h6-8,10-11,14-15H,5,9,12H2,1-4H3/t14-,15-/m1/s1. The van der Waals surface area contributed by atoms with Gasteiger partial charge in [0.25, 0.3) is 0 Å². The third-order valence-electron chi connectivity index (χ3n) is 3.95. The van der Waals surface area contributed by atoms with Crippen LogP contribution in [0.3, 0.4) is 0 Å². The molecule has 5 heteroatoms. The smallest absolute Gasteiger partial charge is 0.216 e. The molecule has 0 saturated heterocycles. The highest BCUT2D eigenvalue weighted by molar-refractivity contribution is 7.93. The van der Waals surface area contributed by atoms with E-state index in [0.717, 1.165) is 12.0 Å². The van der Waals surface area contributed by atoms with Gasteiger partial charge in [-0.25, -0.2) is 13.4 Å². The van der Waals surface area contributed by atoms with E-state index in [2.05, 4.69) is 4.99 Å². The average molecular weight is 323 g/mol. The topological polar surface area (TPSA) is 55.7 Å². The Bertz CT molecular complexity index is 630. The predicted molar refractivity (Wildman–Crippen MR) is 90.1 cm³/mol. The summed E-state index contributed by atoms with van der Waals surface area (Å²) in [4.78, 5) is 4.57. The van der Waals surface area contributed by atoms with Crippen molar-refractivity contribution in [3.05, 3.63) is 35.9 Å². The molecule has 1 heterocycles. The molecular formula is C17H25NO3S. The Morgan fingerprint density at radius 2 is 1.91 bits per heavy atom. The molecule has 1 aromatic carbocycles. The van der Waals surface area contributed by atoms with Gasteiger partial charge in [0.2, 0.25) is 5.90 Å². The Morgan fingerprint density at radius 1 is 1.27 bits per heavy atom. The number of benzene rings is 1. The first-order chi connectivity index (χ1) is 10.3. The molecule has 0 aromatic heterocycles. The van der Waals surface area contributed by atoms with Crippen LogP contribution in [0.15, 0.2) is 35.3 Å². The molecule has 2 rings (SSSR count). The van der Waals surface area contributed by atoms with E-state index in [4.69, 9.17) is 4.74 Å². The fourth-order valence-electron chi connectivity index (χ4n) is 2.61. The Balaban J connectivity index is 2.30. The summed E-state index contributed by atoms with van der Waals surface area (Å²) in [6.45, 7) is 7.60. The van der Waals surface area contributed by atoms with Crippen LogP contribution in [-0.4, -0.2) is 37.0 Å². The second kappa shape index (κ2) is 6.41. The van der Waals surface area contributed by atoms with Crippen LogP contribution < -0.4 is 0 Å². The Labute approximate surface area is 133 Å². The number of hydrogen-bond donors (Lipinski definition) is 0. The first kappa shape index (κ1) is 17.0. The van der Waals surface area contributed by atoms with Crippen molar-refractivity contribution in [3.63, 3.8) is 0 Å². The van der Waals surface area contributed by atoms with Crippen LogP contribution in [0.25, 0.3) is 0 Å². The summed E-state index contributed by atoms with van der Waals surface area (Å²) in [7, 11) is -3.28. The number of aliphatic imine (C=N–C) groups is 1. The second-order valence-corrected chi connectivity index (χ2v) is 9.58. The summed E-state index contributed by atoms with van der Waals surface area (Å²) in [6.07, 6.45) is 1.42. The highest BCUT2D eigenvalue weighted by Crippen LogP contribution is 2.29. The molecule has 1 aliphatic heterocycles. The van der Waals surface area contributed by atoms with Gasteiger partial charge in [0.05, 0.1) is 10.00 Å². The van der Waals surface area contributed by atoms with Gasteiger partial charge in [-0.05, 0) is 39.3 Å². The molecular weight excluding hydrogens is 298 g/mol. The Hall–Kier alpha value is -1.36. The molecule has 0 spiro atoms. The van der Waals surface area contributed by atoms with Crippen molar-refractivity contribution in [1.82, 2.24) is 0 Å². The number of sulfone groups is 1. The summed E-state index contributed by atoms with van der Waals surface area (Å²) < 4.78 is 30.6. The summed E-state index contributed by atoms with van der Waals surface area (Å²) >= 11 is 0. The van der Waals surface area contributed by atoms with E-state index in [1.165, 1.54) is 0 Å². The van der Waals surface area contributed by atoms with Gasteiger partial charge in [-0.3, -0.25) is 0 Å². The van der Waals surface area contributed by atoms with Gasteiger partial charge in [0.15, 0.2) is 9.84 Å². The highest BCUT2D eigenvalue weighted by Gasteiger charge is 2.42. The molecule has 0 unspecified atom stereocenters. The van der Waals surface area contributed by atoms with Gasteiger partial charge in [-0.1, -0.05) is 31.5 Å². The van der Waals surface area contributed by atoms with Crippen LogP contribution in [0, 0.1) is 0 Å². The van der Waals surface area contributed by atoms with E-state index < -0.39 is 19.8 Å². The zero-order valence-electron chi connectivity index (χ0n) is 13.7. The number of ether oxygens (including phenoxy) is 1. The Morgan fingerprint density at radius 3 is 2.45 bits per heavy atom. The molecule has 4 nitrogen and oxygen atoms in total. The van der Waals surface area contributed by atoms with Crippen molar-refractivity contribution in [2.24, 2.45) is 4.99 Å². The zero-order chi connectivity index (χ0) is 16.4. The minimum absolute atomic E-state index is 0.320. The van der Waals surface area contributed by atoms with Crippen molar-refractivity contribution in [2.45, 2.75) is 56.6 Å². The van der Waals surface area contributed by atoms with Crippen LogP contribution in [0.1, 0.15) is 46.1 Å². The number of rotatable bonds is 5. The highest BCUT2D eigenvalue weighted by atomic mass is 32.2. The summed E-state index contributed by atoms with van der Waals surface area (Å²) in [5.41, 5.74) is 0.897. The third kappa shape index (κ3) is 3.35. The minimum Gasteiger partial charge on any atom is -0.475 e. The van der Waals surface area contributed by atoms with Crippen molar-refractivity contribution < 1.29 is 13.2 Å². The van der Waals surface area contributed by atoms with E-state index in [0.29, 0.717) is 18.9 Å². The molecule has 0 N–H and O–H groups in total. The SMILES string of the molecule is CCC[C@H]([C@H]1COC(c2ccccc2)=N1)S(=O)(=O)C(C)(C)C. The van der Waals surface area contributed by atoms with E-state index in [1.807, 2.05) is 37.3 Å². The van der Waals surface area contributed by atoms with Crippen molar-refractivity contribution in [2.75, 3.05) is 6.61 Å². The van der Waals surface area contributed by atoms with Crippen LogP contribution in [0.5, 0.6) is 0 Å². The fraction of sp³-hybridized carbons (Fsp3) is 0.588. The normalized spacial score (nSPS) is 20.4. The molecule has 1 aliphatic rings. The monoisotopic (exact) mass is 323 g/mol. The summed E-state index contributed by atoms with van der Waals surface area (Å²) in [5, 5.41) is -0.487. The lowest BCUT2D eigenvalue weighted by Gasteiger charge is -2.28. The lowest BCUT2D eigenvalue weighted by Crippen LogP contribution is -2.43. The maximum absolute atomic E-state index is 12.8. The number of nitrogens with zero attached hydrogens (tertiary/aromatic N) is 1. The minimum atomic E-state index is -3.28. The van der Waals surface area contributed by atoms with Gasteiger partial charge < -0.3 is 4.74 Å². The van der Waals surface area contributed by atoms with E-state index >= 15 is 0 Å². The maximum Gasteiger partial charge on any atom is 0.216 e. The molecule has 22 heavy (non-hydrogen) atoms. The molecule has 0 radical (unpaired) electrons. The largest absolute Gasteiger partial charge is 0.475 e. The molecule has 0 bridgehead atoms. The molecule has 0 amide bonds. The third-order valence-corrected chi connectivity index (χ3v) is 7.00. The van der Waals surface area contributed by atoms with Gasteiger partial charge in [-0.15, -0.1) is 0 Å². The maximum atomic E-state index is 12.8. The molecule has 122 valence electrons. The van der Waals surface area contributed by atoms with Gasteiger partial charge >= 0.3 is 0 Å². The molecule has 0 fully saturated rings. The van der Waals surface area contributed by atoms with Crippen LogP contribution in [0.2, 0.25) is 0 Å². The number of hydrogen-bond acceptors (Lipinski definition) is 4. The quantitative estimate of drug-likeness (QED) is 0.836. The van der Waals surface area contributed by atoms with Gasteiger partial charge in [0.1, 0.15) is 12.6 Å². The first-order valence-electron chi connectivity index (χ1n) is 7.77. The summed E-state index contributed by atoms with van der Waals surface area (Å²) in [5.74, 6) is 0.552. The zero-order valence-corrected chi connectivity index (χ0v) is 14.6. The van der Waals surface area contributed by atoms with Gasteiger partial charge in [-0.2, -0.15) is 0 Å². The Kier molecular flexibility index (Phi) is 4.95. The molecule has 0 aliphatic carbocycles. The average Bonchev–Trinajstić information content (AvgIpc) is 2.93. The van der Waals surface area contributed by atoms with Crippen molar-refractivity contribution in [1.29, 1.82) is 0 Å². The van der Waals surface area contributed by atoms with Gasteiger partial charge in [0, 0.05) is 5.56 Å². The lowest BCUT2D eigenvalue weighted by molar-refractivity contribution is 0.309. The van der Waals surface area contributed by atoms with Crippen LogP contribution in [0.4, 0.5) is 0 Å². The fourth-order valence-corrected chi connectivity index (χ4v) is 4.62. The van der Waals surface area contributed by atoms with E-state index in [9.17, 15) is 8.42 Å². The molecule has 1 aromatic rings. The summed E-state index contributed by atoms with van der Waals surface area (Å²) in [6, 6.07) is 9.30. The second-order valence-electron chi connectivity index (χ2n) is 6.66.